The molecule has 1 saturated carbocycles. The van der Waals surface area contributed by atoms with Crippen LogP contribution >= 0.6 is 0 Å². The van der Waals surface area contributed by atoms with Crippen molar-refractivity contribution >= 4 is 22.8 Å². The number of carboxylic acids is 1. The lowest BCUT2D eigenvalue weighted by molar-refractivity contribution is -0.158. The quantitative estimate of drug-likeness (QED) is 0.544. The SMILES string of the molecule is O=C(O)C1CCC2CCCCC2N1C(=O)CC(c1ccccc1)c1c[nH]c2cc(F)ccc12. The summed E-state index contributed by atoms with van der Waals surface area (Å²) in [6, 6.07) is 13.7. The summed E-state index contributed by atoms with van der Waals surface area (Å²) in [5, 5.41) is 10.8. The van der Waals surface area contributed by atoms with Crippen LogP contribution in [0.25, 0.3) is 10.9 Å². The summed E-state index contributed by atoms with van der Waals surface area (Å²) in [4.78, 5) is 30.8. The van der Waals surface area contributed by atoms with Crippen molar-refractivity contribution in [2.45, 2.75) is 62.9 Å². The van der Waals surface area contributed by atoms with E-state index in [2.05, 4.69) is 4.98 Å². The van der Waals surface area contributed by atoms with Crippen LogP contribution in [0.4, 0.5) is 4.39 Å². The summed E-state index contributed by atoms with van der Waals surface area (Å²) >= 11 is 0. The van der Waals surface area contributed by atoms with Crippen LogP contribution in [0.15, 0.2) is 54.7 Å². The highest BCUT2D eigenvalue weighted by atomic mass is 19.1. The van der Waals surface area contributed by atoms with Crippen LogP contribution in [0, 0.1) is 11.7 Å². The van der Waals surface area contributed by atoms with Crippen LogP contribution in [-0.4, -0.2) is 39.0 Å². The number of likely N-dealkylation sites (tertiary alicyclic amines) is 1. The van der Waals surface area contributed by atoms with Gasteiger partial charge in [0.15, 0.2) is 0 Å². The number of rotatable bonds is 5. The van der Waals surface area contributed by atoms with E-state index in [1.165, 1.54) is 12.1 Å². The third kappa shape index (κ3) is 4.14. The number of fused-ring (bicyclic) bond motifs is 2. The molecule has 4 atom stereocenters. The molecule has 1 aliphatic heterocycles. The van der Waals surface area contributed by atoms with Gasteiger partial charge in [-0.15, -0.1) is 0 Å². The van der Waals surface area contributed by atoms with Gasteiger partial charge in [0.2, 0.25) is 5.91 Å². The van der Waals surface area contributed by atoms with Crippen molar-refractivity contribution in [1.82, 2.24) is 9.88 Å². The lowest BCUT2D eigenvalue weighted by Crippen LogP contribution is -2.57. The van der Waals surface area contributed by atoms with E-state index in [0.29, 0.717) is 17.9 Å². The first-order valence-corrected chi connectivity index (χ1v) is 11.9. The number of halogens is 1. The number of hydrogen-bond acceptors (Lipinski definition) is 2. The third-order valence-corrected chi connectivity index (χ3v) is 7.58. The first kappa shape index (κ1) is 21.7. The Hall–Kier alpha value is -3.15. The molecule has 1 amide bonds. The molecule has 5 rings (SSSR count). The van der Waals surface area contributed by atoms with Crippen LogP contribution in [0.1, 0.15) is 62.0 Å². The highest BCUT2D eigenvalue weighted by Gasteiger charge is 2.44. The van der Waals surface area contributed by atoms with Gasteiger partial charge < -0.3 is 15.0 Å². The van der Waals surface area contributed by atoms with Crippen LogP contribution in [0.5, 0.6) is 0 Å². The molecule has 1 aromatic heterocycles. The minimum Gasteiger partial charge on any atom is -0.480 e. The lowest BCUT2D eigenvalue weighted by atomic mass is 9.75. The predicted molar refractivity (Wildman–Crippen MR) is 124 cm³/mol. The molecule has 33 heavy (non-hydrogen) atoms. The minimum absolute atomic E-state index is 0.00888. The molecule has 0 bridgehead atoms. The fraction of sp³-hybridized carbons (Fsp3) is 0.407. The van der Waals surface area contributed by atoms with E-state index in [4.69, 9.17) is 0 Å². The molecular weight excluding hydrogens is 419 g/mol. The summed E-state index contributed by atoms with van der Waals surface area (Å²) in [5.74, 6) is -1.19. The molecule has 2 N–H and O–H groups in total. The number of hydrogen-bond donors (Lipinski definition) is 2. The van der Waals surface area contributed by atoms with E-state index in [1.807, 2.05) is 36.5 Å². The number of amides is 1. The number of carbonyl (C=O) groups excluding carboxylic acids is 1. The Labute approximate surface area is 192 Å². The fourth-order valence-corrected chi connectivity index (χ4v) is 6.02. The van der Waals surface area contributed by atoms with Gasteiger partial charge in [-0.05, 0) is 60.9 Å². The van der Waals surface area contributed by atoms with E-state index in [0.717, 1.165) is 48.6 Å². The molecule has 5 nitrogen and oxygen atoms in total. The Balaban J connectivity index is 1.52. The normalized spacial score (nSPS) is 23.8. The van der Waals surface area contributed by atoms with Crippen LogP contribution in [0.2, 0.25) is 0 Å². The average molecular weight is 449 g/mol. The van der Waals surface area contributed by atoms with E-state index in [9.17, 15) is 19.1 Å². The molecule has 0 spiro atoms. The molecule has 2 aromatic carbocycles. The Bertz CT molecular complexity index is 1160. The summed E-state index contributed by atoms with van der Waals surface area (Å²) in [5.41, 5.74) is 2.60. The Morgan fingerprint density at radius 1 is 1.06 bits per heavy atom. The van der Waals surface area contributed by atoms with Gasteiger partial charge in [0.1, 0.15) is 11.9 Å². The van der Waals surface area contributed by atoms with Crippen molar-refractivity contribution < 1.29 is 19.1 Å². The molecule has 1 aliphatic carbocycles. The van der Waals surface area contributed by atoms with Crippen molar-refractivity contribution in [2.24, 2.45) is 5.92 Å². The van der Waals surface area contributed by atoms with Crippen molar-refractivity contribution in [3.63, 3.8) is 0 Å². The zero-order chi connectivity index (χ0) is 22.9. The van der Waals surface area contributed by atoms with Gasteiger partial charge in [-0.3, -0.25) is 4.79 Å². The van der Waals surface area contributed by atoms with Crippen molar-refractivity contribution in [1.29, 1.82) is 0 Å². The molecule has 1 saturated heterocycles. The summed E-state index contributed by atoms with van der Waals surface area (Å²) in [6.07, 6.45) is 7.56. The second kappa shape index (κ2) is 9.00. The number of nitrogens with zero attached hydrogens (tertiary/aromatic N) is 1. The minimum atomic E-state index is -0.911. The van der Waals surface area contributed by atoms with Crippen LogP contribution < -0.4 is 0 Å². The molecule has 2 fully saturated rings. The fourth-order valence-electron chi connectivity index (χ4n) is 6.02. The number of piperidine rings is 1. The van der Waals surface area contributed by atoms with Gasteiger partial charge in [0, 0.05) is 35.5 Å². The Kier molecular flexibility index (Phi) is 5.92. The summed E-state index contributed by atoms with van der Waals surface area (Å²) in [6.45, 7) is 0. The predicted octanol–water partition coefficient (Wildman–Crippen LogP) is 5.46. The number of aromatic nitrogens is 1. The van der Waals surface area contributed by atoms with Gasteiger partial charge in [0.05, 0.1) is 0 Å². The number of nitrogens with one attached hydrogen (secondary N) is 1. The molecule has 2 heterocycles. The van der Waals surface area contributed by atoms with E-state index in [1.54, 1.807) is 11.0 Å². The second-order valence-electron chi connectivity index (χ2n) is 9.45. The number of benzene rings is 2. The number of aromatic amines is 1. The number of H-pyrrole nitrogens is 1. The average Bonchev–Trinajstić information content (AvgIpc) is 3.24. The van der Waals surface area contributed by atoms with Crippen molar-refractivity contribution in [2.75, 3.05) is 0 Å². The zero-order valence-corrected chi connectivity index (χ0v) is 18.5. The maximum Gasteiger partial charge on any atom is 0.326 e. The lowest BCUT2D eigenvalue weighted by Gasteiger charge is -2.47. The van der Waals surface area contributed by atoms with Crippen LogP contribution in [-0.2, 0) is 9.59 Å². The highest BCUT2D eigenvalue weighted by molar-refractivity contribution is 5.88. The van der Waals surface area contributed by atoms with Crippen molar-refractivity contribution in [3.8, 4) is 0 Å². The topological polar surface area (TPSA) is 73.4 Å². The first-order chi connectivity index (χ1) is 16.0. The molecule has 4 unspecified atom stereocenters. The second-order valence-corrected chi connectivity index (χ2v) is 9.45. The first-order valence-electron chi connectivity index (χ1n) is 11.9. The van der Waals surface area contributed by atoms with E-state index in [-0.39, 0.29) is 30.1 Å². The van der Waals surface area contributed by atoms with Gasteiger partial charge >= 0.3 is 5.97 Å². The number of aliphatic carboxylic acids is 1. The smallest absolute Gasteiger partial charge is 0.326 e. The number of carbonyl (C=O) groups is 2. The summed E-state index contributed by atoms with van der Waals surface area (Å²) < 4.78 is 13.8. The Morgan fingerprint density at radius 3 is 2.64 bits per heavy atom. The molecule has 6 heteroatoms. The zero-order valence-electron chi connectivity index (χ0n) is 18.5. The van der Waals surface area contributed by atoms with E-state index < -0.39 is 12.0 Å². The Morgan fingerprint density at radius 2 is 1.85 bits per heavy atom. The van der Waals surface area contributed by atoms with E-state index >= 15 is 0 Å². The monoisotopic (exact) mass is 448 g/mol. The largest absolute Gasteiger partial charge is 0.480 e. The number of carboxylic acid groups (broad SMARTS) is 1. The maximum atomic E-state index is 13.8. The molecular formula is C27H29FN2O3. The molecule has 3 aromatic rings. The maximum absolute atomic E-state index is 13.8. The standard InChI is InChI=1S/C27H29FN2O3/c28-19-11-12-20-22(16-29-23(20)14-19)21(17-6-2-1-3-7-17)15-26(31)30-24-9-5-4-8-18(24)10-13-25(30)27(32)33/h1-3,6-7,11-12,14,16,18,21,24-25,29H,4-5,8-10,13,15H2,(H,32,33). The molecule has 0 radical (unpaired) electrons. The van der Waals surface area contributed by atoms with Gasteiger partial charge in [-0.1, -0.05) is 43.2 Å². The molecule has 172 valence electrons. The van der Waals surface area contributed by atoms with Gasteiger partial charge in [-0.2, -0.15) is 0 Å². The van der Waals surface area contributed by atoms with Crippen molar-refractivity contribution in [3.05, 3.63) is 71.7 Å². The summed E-state index contributed by atoms with van der Waals surface area (Å²) in [7, 11) is 0. The van der Waals surface area contributed by atoms with Gasteiger partial charge in [-0.25, -0.2) is 9.18 Å². The van der Waals surface area contributed by atoms with Crippen LogP contribution in [0.3, 0.4) is 0 Å². The van der Waals surface area contributed by atoms with Gasteiger partial charge in [0.25, 0.3) is 0 Å². The third-order valence-electron chi connectivity index (χ3n) is 7.58. The highest BCUT2D eigenvalue weighted by Crippen LogP contribution is 2.40. The molecule has 2 aliphatic rings.